The van der Waals surface area contributed by atoms with Crippen molar-refractivity contribution in [1.29, 1.82) is 0 Å². The van der Waals surface area contributed by atoms with E-state index in [2.05, 4.69) is 15.4 Å². The first kappa shape index (κ1) is 27.5. The minimum absolute atomic E-state index is 0.0870. The van der Waals surface area contributed by atoms with Gasteiger partial charge < -0.3 is 35.5 Å². The summed E-state index contributed by atoms with van der Waals surface area (Å²) in [5.41, 5.74) is 7.25. The number of rotatable bonds is 10. The lowest BCUT2D eigenvalue weighted by Crippen LogP contribution is -2.49. The third-order valence-corrected chi connectivity index (χ3v) is 6.85. The van der Waals surface area contributed by atoms with Gasteiger partial charge in [-0.2, -0.15) is 0 Å². The molecule has 0 bridgehead atoms. The van der Waals surface area contributed by atoms with E-state index in [-0.39, 0.29) is 24.1 Å². The molecule has 9 nitrogen and oxygen atoms in total. The van der Waals surface area contributed by atoms with Crippen molar-refractivity contribution < 1.29 is 23.8 Å². The zero-order valence-corrected chi connectivity index (χ0v) is 21.3. The summed E-state index contributed by atoms with van der Waals surface area (Å²) in [6.07, 6.45) is 4.12. The molecule has 0 unspecified atom stereocenters. The van der Waals surface area contributed by atoms with E-state index in [4.69, 9.17) is 26.8 Å². The molecule has 35 heavy (non-hydrogen) atoms. The van der Waals surface area contributed by atoms with E-state index in [1.54, 1.807) is 0 Å². The molecule has 3 amide bonds. The minimum atomic E-state index is -0.498. The summed E-state index contributed by atoms with van der Waals surface area (Å²) in [5.74, 6) is 0.568. The Bertz CT molecular complexity index is 808. The summed E-state index contributed by atoms with van der Waals surface area (Å²) in [5, 5.41) is 6.28. The number of nitrogens with zero attached hydrogens (tertiary/aromatic N) is 1. The normalized spacial score (nSPS) is 22.2. The summed E-state index contributed by atoms with van der Waals surface area (Å²) < 4.78 is 16.4. The molecule has 0 aromatic heterocycles. The Morgan fingerprint density at radius 1 is 1.29 bits per heavy atom. The number of nitrogens with one attached hydrogen (secondary N) is 2. The van der Waals surface area contributed by atoms with Gasteiger partial charge in [-0.15, -0.1) is 0 Å². The monoisotopic (exact) mass is 510 g/mol. The molecule has 2 aliphatic rings. The van der Waals surface area contributed by atoms with Gasteiger partial charge in [-0.25, -0.2) is 9.59 Å². The highest BCUT2D eigenvalue weighted by molar-refractivity contribution is 6.30. The Morgan fingerprint density at radius 2 is 2.14 bits per heavy atom. The lowest BCUT2D eigenvalue weighted by Gasteiger charge is -2.37. The van der Waals surface area contributed by atoms with E-state index in [1.165, 1.54) is 7.11 Å². The second kappa shape index (κ2) is 14.5. The van der Waals surface area contributed by atoms with Gasteiger partial charge >= 0.3 is 12.1 Å². The minimum Gasteiger partial charge on any atom is -0.453 e. The van der Waals surface area contributed by atoms with Crippen LogP contribution in [0.15, 0.2) is 24.3 Å². The number of carbonyl (C=O) groups is 2. The van der Waals surface area contributed by atoms with Crippen LogP contribution in [0.1, 0.15) is 43.8 Å². The maximum atomic E-state index is 12.9. The van der Waals surface area contributed by atoms with Gasteiger partial charge in [0.15, 0.2) is 0 Å². The first-order valence-electron chi connectivity index (χ1n) is 12.5. The number of amides is 3. The number of alkyl carbamates (subject to hydrolysis) is 1. The number of benzene rings is 1. The van der Waals surface area contributed by atoms with E-state index in [9.17, 15) is 9.59 Å². The van der Waals surface area contributed by atoms with Crippen LogP contribution in [0.5, 0.6) is 0 Å². The Kier molecular flexibility index (Phi) is 11.4. The topological polar surface area (TPSA) is 115 Å². The molecule has 0 aliphatic carbocycles. The van der Waals surface area contributed by atoms with Gasteiger partial charge in [0.25, 0.3) is 0 Å². The molecular weight excluding hydrogens is 472 g/mol. The van der Waals surface area contributed by atoms with Gasteiger partial charge in [0.1, 0.15) is 0 Å². The molecular formula is C25H39ClN4O5. The number of methoxy groups -OCH3 is 1. The summed E-state index contributed by atoms with van der Waals surface area (Å²) in [6, 6.07) is 7.42. The molecule has 0 saturated carbocycles. The highest BCUT2D eigenvalue weighted by atomic mass is 35.5. The fourth-order valence-electron chi connectivity index (χ4n) is 4.88. The summed E-state index contributed by atoms with van der Waals surface area (Å²) in [7, 11) is 1.32. The molecule has 2 fully saturated rings. The zero-order chi connectivity index (χ0) is 25.0. The van der Waals surface area contributed by atoms with Crippen LogP contribution in [-0.4, -0.2) is 76.2 Å². The van der Waals surface area contributed by atoms with Crippen molar-refractivity contribution in [2.75, 3.05) is 53.1 Å². The average molecular weight is 511 g/mol. The van der Waals surface area contributed by atoms with Crippen LogP contribution >= 0.6 is 11.6 Å². The van der Waals surface area contributed by atoms with Crippen molar-refractivity contribution in [3.63, 3.8) is 0 Å². The van der Waals surface area contributed by atoms with Crippen molar-refractivity contribution in [2.24, 2.45) is 17.6 Å². The lowest BCUT2D eigenvalue weighted by atomic mass is 9.88. The zero-order valence-electron chi connectivity index (χ0n) is 20.5. The van der Waals surface area contributed by atoms with E-state index in [0.717, 1.165) is 50.9 Å². The lowest BCUT2D eigenvalue weighted by molar-refractivity contribution is -0.00850. The van der Waals surface area contributed by atoms with Crippen molar-refractivity contribution in [3.8, 4) is 0 Å². The molecule has 0 spiro atoms. The predicted molar refractivity (Wildman–Crippen MR) is 134 cm³/mol. The van der Waals surface area contributed by atoms with Gasteiger partial charge in [0.2, 0.25) is 0 Å². The number of nitrogens with two attached hydrogens (primary N) is 1. The first-order chi connectivity index (χ1) is 17.0. The van der Waals surface area contributed by atoms with E-state index >= 15 is 0 Å². The second-order valence-electron chi connectivity index (χ2n) is 9.38. The van der Waals surface area contributed by atoms with Crippen LogP contribution in [0.4, 0.5) is 9.59 Å². The van der Waals surface area contributed by atoms with E-state index in [1.807, 2.05) is 29.2 Å². The Labute approximate surface area is 213 Å². The number of piperidine rings is 1. The van der Waals surface area contributed by atoms with Crippen molar-refractivity contribution in [3.05, 3.63) is 34.9 Å². The fraction of sp³-hybridized carbons (Fsp3) is 0.680. The Hall–Kier alpha value is -2.07. The van der Waals surface area contributed by atoms with Gasteiger partial charge in [-0.1, -0.05) is 23.7 Å². The number of halogens is 1. The number of ether oxygens (including phenoxy) is 3. The first-order valence-corrected chi connectivity index (χ1v) is 12.9. The van der Waals surface area contributed by atoms with Crippen LogP contribution < -0.4 is 16.4 Å². The molecule has 2 aliphatic heterocycles. The Balaban J connectivity index is 1.54. The van der Waals surface area contributed by atoms with Crippen LogP contribution in [0, 0.1) is 11.8 Å². The smallest absolute Gasteiger partial charge is 0.406 e. The summed E-state index contributed by atoms with van der Waals surface area (Å²) in [6.45, 7) is 3.94. The van der Waals surface area contributed by atoms with Crippen molar-refractivity contribution in [2.45, 2.75) is 44.2 Å². The van der Waals surface area contributed by atoms with Gasteiger partial charge in [-0.05, 0) is 55.7 Å². The molecule has 10 heteroatoms. The third kappa shape index (κ3) is 9.14. The molecule has 0 radical (unpaired) electrons. The van der Waals surface area contributed by atoms with Gasteiger partial charge in [0, 0.05) is 56.4 Å². The number of urea groups is 1. The quantitative estimate of drug-likeness (QED) is 0.416. The van der Waals surface area contributed by atoms with Crippen LogP contribution in [0.3, 0.4) is 0 Å². The van der Waals surface area contributed by atoms with Crippen molar-refractivity contribution >= 4 is 23.7 Å². The van der Waals surface area contributed by atoms with Gasteiger partial charge in [-0.3, -0.25) is 0 Å². The van der Waals surface area contributed by atoms with Crippen molar-refractivity contribution in [1.82, 2.24) is 15.5 Å². The molecule has 1 aromatic carbocycles. The number of hydrogen-bond acceptors (Lipinski definition) is 6. The molecule has 1 aromatic rings. The second-order valence-corrected chi connectivity index (χ2v) is 9.81. The standard InChI is InChI=1S/C25H39ClN4O5/c1-33-25(32)28-9-12-35-23(19-6-2-8-21(26)14-19)20-7-3-10-30(16-20)24(31)29-15-22(27)13-18-5-4-11-34-17-18/h2,6,8,14,18,20,22-23H,3-5,7,9-13,15-17,27H2,1H3,(H,28,32)(H,29,31)/t18-,20-,22+,23+/m1/s1. The van der Waals surface area contributed by atoms with Gasteiger partial charge in [0.05, 0.1) is 19.8 Å². The number of likely N-dealkylation sites (tertiary alicyclic amines) is 1. The third-order valence-electron chi connectivity index (χ3n) is 6.61. The molecule has 4 N–H and O–H groups in total. The Morgan fingerprint density at radius 3 is 2.89 bits per heavy atom. The van der Waals surface area contributed by atoms with E-state index < -0.39 is 6.09 Å². The largest absolute Gasteiger partial charge is 0.453 e. The van der Waals surface area contributed by atoms with Crippen LogP contribution in [0.25, 0.3) is 0 Å². The molecule has 196 valence electrons. The summed E-state index contributed by atoms with van der Waals surface area (Å²) in [4.78, 5) is 26.1. The molecule has 4 atom stereocenters. The SMILES string of the molecule is COC(=O)NCCO[C@@H](c1cccc(Cl)c1)[C@@H]1CCCN(C(=O)NC[C@@H](N)C[C@H]2CCCOC2)C1. The number of carbonyl (C=O) groups excluding carboxylic acids is 2. The fourth-order valence-corrected chi connectivity index (χ4v) is 5.07. The molecule has 3 rings (SSSR count). The highest BCUT2D eigenvalue weighted by Crippen LogP contribution is 2.34. The summed E-state index contributed by atoms with van der Waals surface area (Å²) >= 11 is 6.25. The maximum absolute atomic E-state index is 12.9. The van der Waals surface area contributed by atoms with Crippen LogP contribution in [-0.2, 0) is 14.2 Å². The predicted octanol–water partition coefficient (Wildman–Crippen LogP) is 3.32. The average Bonchev–Trinajstić information content (AvgIpc) is 2.87. The van der Waals surface area contributed by atoms with E-state index in [0.29, 0.717) is 43.7 Å². The molecule has 2 heterocycles. The maximum Gasteiger partial charge on any atom is 0.406 e. The highest BCUT2D eigenvalue weighted by Gasteiger charge is 2.31. The number of hydrogen-bond donors (Lipinski definition) is 3. The van der Waals surface area contributed by atoms with Crippen LogP contribution in [0.2, 0.25) is 5.02 Å². The molecule has 2 saturated heterocycles.